The molecule has 1 aromatic carbocycles. The summed E-state index contributed by atoms with van der Waals surface area (Å²) in [5.74, 6) is 2.60. The van der Waals surface area contributed by atoms with E-state index in [1.807, 2.05) is 31.3 Å². The first-order chi connectivity index (χ1) is 12.7. The number of methoxy groups -OCH3 is 1. The van der Waals surface area contributed by atoms with Crippen LogP contribution >= 0.6 is 0 Å². The standard InChI is InChI=1S/C20H34N4O2/c1-4-13-24-14-10-17(11-15-24)23-20(21-2)22-12-5-16-26-19-8-6-18(25-3)7-9-19/h6-9,17H,4-5,10-16H2,1-3H3,(H2,21,22,23). The fraction of sp³-hybridized carbons (Fsp3) is 0.650. The first-order valence-corrected chi connectivity index (χ1v) is 9.71. The minimum atomic E-state index is 0.518. The number of ether oxygens (including phenoxy) is 2. The maximum Gasteiger partial charge on any atom is 0.191 e. The summed E-state index contributed by atoms with van der Waals surface area (Å²) in [5.41, 5.74) is 0. The van der Waals surface area contributed by atoms with Crippen molar-refractivity contribution in [1.29, 1.82) is 0 Å². The Morgan fingerprint density at radius 1 is 1.19 bits per heavy atom. The number of likely N-dealkylation sites (tertiary alicyclic amines) is 1. The van der Waals surface area contributed by atoms with E-state index in [1.54, 1.807) is 7.11 Å². The summed E-state index contributed by atoms with van der Waals surface area (Å²) in [7, 11) is 3.49. The molecule has 0 aliphatic carbocycles. The zero-order valence-corrected chi connectivity index (χ0v) is 16.5. The third kappa shape index (κ3) is 7.12. The summed E-state index contributed by atoms with van der Waals surface area (Å²) in [6.45, 7) is 7.33. The Hall–Kier alpha value is -1.95. The van der Waals surface area contributed by atoms with Gasteiger partial charge in [-0.1, -0.05) is 6.92 Å². The lowest BCUT2D eigenvalue weighted by Gasteiger charge is -2.32. The topological polar surface area (TPSA) is 58.1 Å². The molecular formula is C20H34N4O2. The van der Waals surface area contributed by atoms with Crippen LogP contribution in [0.15, 0.2) is 29.3 Å². The second kappa shape index (κ2) is 11.6. The van der Waals surface area contributed by atoms with Gasteiger partial charge in [0.15, 0.2) is 5.96 Å². The van der Waals surface area contributed by atoms with Crippen molar-refractivity contribution in [2.45, 2.75) is 38.6 Å². The molecule has 0 unspecified atom stereocenters. The van der Waals surface area contributed by atoms with E-state index >= 15 is 0 Å². The van der Waals surface area contributed by atoms with Crippen molar-refractivity contribution in [3.8, 4) is 11.5 Å². The fourth-order valence-corrected chi connectivity index (χ4v) is 3.15. The van der Waals surface area contributed by atoms with Gasteiger partial charge in [0.25, 0.3) is 0 Å². The maximum atomic E-state index is 5.74. The van der Waals surface area contributed by atoms with Gasteiger partial charge in [0.05, 0.1) is 13.7 Å². The summed E-state index contributed by atoms with van der Waals surface area (Å²) >= 11 is 0. The molecule has 6 heteroatoms. The van der Waals surface area contributed by atoms with Crippen molar-refractivity contribution in [3.63, 3.8) is 0 Å². The number of rotatable bonds is 9. The van der Waals surface area contributed by atoms with Crippen LogP contribution < -0.4 is 20.1 Å². The molecule has 0 amide bonds. The van der Waals surface area contributed by atoms with Gasteiger partial charge in [0.1, 0.15) is 11.5 Å². The Balaban J connectivity index is 1.58. The molecule has 2 rings (SSSR count). The van der Waals surface area contributed by atoms with Gasteiger partial charge in [-0.05, 0) is 56.5 Å². The van der Waals surface area contributed by atoms with Gasteiger partial charge >= 0.3 is 0 Å². The van der Waals surface area contributed by atoms with E-state index in [-0.39, 0.29) is 0 Å². The Bertz CT molecular complexity index is 525. The summed E-state index contributed by atoms with van der Waals surface area (Å²) in [6, 6.07) is 8.19. The van der Waals surface area contributed by atoms with Gasteiger partial charge in [-0.3, -0.25) is 4.99 Å². The summed E-state index contributed by atoms with van der Waals surface area (Å²) in [6.07, 6.45) is 4.52. The molecule has 1 heterocycles. The van der Waals surface area contributed by atoms with Crippen molar-refractivity contribution in [1.82, 2.24) is 15.5 Å². The molecule has 0 aromatic heterocycles. The van der Waals surface area contributed by atoms with Crippen molar-refractivity contribution in [2.75, 3.05) is 46.9 Å². The van der Waals surface area contributed by atoms with E-state index in [2.05, 4.69) is 27.4 Å². The molecule has 1 saturated heterocycles. The number of aliphatic imine (C=N–C) groups is 1. The number of piperidine rings is 1. The van der Waals surface area contributed by atoms with E-state index in [0.717, 1.165) is 30.4 Å². The van der Waals surface area contributed by atoms with Gasteiger partial charge in [-0.2, -0.15) is 0 Å². The molecule has 0 saturated carbocycles. The van der Waals surface area contributed by atoms with Crippen molar-refractivity contribution < 1.29 is 9.47 Å². The average molecular weight is 363 g/mol. The maximum absolute atomic E-state index is 5.74. The highest BCUT2D eigenvalue weighted by molar-refractivity contribution is 5.79. The monoisotopic (exact) mass is 362 g/mol. The van der Waals surface area contributed by atoms with E-state index in [9.17, 15) is 0 Å². The smallest absolute Gasteiger partial charge is 0.191 e. The molecule has 6 nitrogen and oxygen atoms in total. The normalized spacial score (nSPS) is 16.3. The molecule has 1 fully saturated rings. The minimum absolute atomic E-state index is 0.518. The zero-order chi connectivity index (χ0) is 18.6. The molecule has 2 N–H and O–H groups in total. The summed E-state index contributed by atoms with van der Waals surface area (Å²) in [4.78, 5) is 6.89. The van der Waals surface area contributed by atoms with Crippen molar-refractivity contribution in [2.24, 2.45) is 4.99 Å². The minimum Gasteiger partial charge on any atom is -0.497 e. The van der Waals surface area contributed by atoms with E-state index in [0.29, 0.717) is 12.6 Å². The van der Waals surface area contributed by atoms with Gasteiger partial charge in [0.2, 0.25) is 0 Å². The lowest BCUT2D eigenvalue weighted by molar-refractivity contribution is 0.206. The van der Waals surface area contributed by atoms with Crippen LogP contribution in [0, 0.1) is 0 Å². The SMILES string of the molecule is CCCN1CCC(NC(=NC)NCCCOc2ccc(OC)cc2)CC1. The third-order valence-corrected chi connectivity index (χ3v) is 4.63. The molecule has 0 atom stereocenters. The molecule has 0 spiro atoms. The van der Waals surface area contributed by atoms with Crippen LogP contribution in [0.2, 0.25) is 0 Å². The van der Waals surface area contributed by atoms with E-state index < -0.39 is 0 Å². The zero-order valence-electron chi connectivity index (χ0n) is 16.5. The van der Waals surface area contributed by atoms with Gasteiger partial charge in [-0.25, -0.2) is 0 Å². The second-order valence-electron chi connectivity index (χ2n) is 6.64. The first kappa shape index (κ1) is 20.4. The Morgan fingerprint density at radius 3 is 2.50 bits per heavy atom. The predicted octanol–water partition coefficient (Wildman–Crippen LogP) is 2.50. The molecule has 26 heavy (non-hydrogen) atoms. The number of hydrogen-bond acceptors (Lipinski definition) is 4. The Morgan fingerprint density at radius 2 is 1.88 bits per heavy atom. The number of benzene rings is 1. The quantitative estimate of drug-likeness (QED) is 0.402. The largest absolute Gasteiger partial charge is 0.497 e. The van der Waals surface area contributed by atoms with Crippen LogP contribution in [-0.2, 0) is 0 Å². The lowest BCUT2D eigenvalue weighted by atomic mass is 10.1. The molecule has 1 aromatic rings. The number of guanidine groups is 1. The summed E-state index contributed by atoms with van der Waals surface area (Å²) < 4.78 is 10.9. The van der Waals surface area contributed by atoms with Crippen LogP contribution in [0.5, 0.6) is 11.5 Å². The van der Waals surface area contributed by atoms with Gasteiger partial charge < -0.3 is 25.0 Å². The molecule has 0 bridgehead atoms. The molecule has 146 valence electrons. The fourth-order valence-electron chi connectivity index (χ4n) is 3.15. The van der Waals surface area contributed by atoms with Crippen LogP contribution in [0.4, 0.5) is 0 Å². The van der Waals surface area contributed by atoms with Crippen LogP contribution in [0.3, 0.4) is 0 Å². The molecule has 1 aliphatic heterocycles. The highest BCUT2D eigenvalue weighted by atomic mass is 16.5. The third-order valence-electron chi connectivity index (χ3n) is 4.63. The van der Waals surface area contributed by atoms with Crippen LogP contribution in [0.1, 0.15) is 32.6 Å². The van der Waals surface area contributed by atoms with E-state index in [4.69, 9.17) is 9.47 Å². The van der Waals surface area contributed by atoms with Gasteiger partial charge in [-0.15, -0.1) is 0 Å². The highest BCUT2D eigenvalue weighted by Crippen LogP contribution is 2.17. The van der Waals surface area contributed by atoms with E-state index in [1.165, 1.54) is 38.9 Å². The van der Waals surface area contributed by atoms with Crippen LogP contribution in [-0.4, -0.2) is 63.8 Å². The van der Waals surface area contributed by atoms with Gasteiger partial charge in [0, 0.05) is 32.7 Å². The first-order valence-electron chi connectivity index (χ1n) is 9.71. The molecular weight excluding hydrogens is 328 g/mol. The Labute approximate surface area is 158 Å². The number of nitrogens with zero attached hydrogens (tertiary/aromatic N) is 2. The molecule has 1 aliphatic rings. The predicted molar refractivity (Wildman–Crippen MR) is 107 cm³/mol. The second-order valence-corrected chi connectivity index (χ2v) is 6.64. The number of nitrogens with one attached hydrogen (secondary N) is 2. The summed E-state index contributed by atoms with van der Waals surface area (Å²) in [5, 5.41) is 6.93. The Kier molecular flexibility index (Phi) is 9.10. The number of hydrogen-bond donors (Lipinski definition) is 2. The van der Waals surface area contributed by atoms with Crippen LogP contribution in [0.25, 0.3) is 0 Å². The highest BCUT2D eigenvalue weighted by Gasteiger charge is 2.19. The molecule has 0 radical (unpaired) electrons. The lowest BCUT2D eigenvalue weighted by Crippen LogP contribution is -2.49. The van der Waals surface area contributed by atoms with Crippen molar-refractivity contribution in [3.05, 3.63) is 24.3 Å². The average Bonchev–Trinajstić information content (AvgIpc) is 2.69. The van der Waals surface area contributed by atoms with Crippen molar-refractivity contribution >= 4 is 5.96 Å².